The van der Waals surface area contributed by atoms with E-state index in [0.29, 0.717) is 17.4 Å². The summed E-state index contributed by atoms with van der Waals surface area (Å²) in [5.74, 6) is 0. The van der Waals surface area contributed by atoms with Crippen LogP contribution in [0.1, 0.15) is 18.4 Å². The molecule has 0 saturated heterocycles. The van der Waals surface area contributed by atoms with Crippen LogP contribution in [0.3, 0.4) is 0 Å². The van der Waals surface area contributed by atoms with Gasteiger partial charge in [-0.05, 0) is 36.6 Å². The van der Waals surface area contributed by atoms with Crippen LogP contribution in [0.4, 0.5) is 17.1 Å². The van der Waals surface area contributed by atoms with Crippen molar-refractivity contribution >= 4 is 17.1 Å². The molecule has 1 aliphatic rings. The molecule has 0 aliphatic heterocycles. The van der Waals surface area contributed by atoms with E-state index in [-0.39, 0.29) is 0 Å². The Balaban J connectivity index is 1.86. The van der Waals surface area contributed by atoms with Crippen LogP contribution in [0.25, 0.3) is 0 Å². The molecule has 0 spiro atoms. The zero-order valence-corrected chi connectivity index (χ0v) is 10.9. The Bertz CT molecular complexity index is 561. The van der Waals surface area contributed by atoms with Gasteiger partial charge in [0.1, 0.15) is 0 Å². The molecule has 1 aliphatic carbocycles. The Morgan fingerprint density at radius 1 is 0.947 bits per heavy atom. The molecule has 98 valence electrons. The van der Waals surface area contributed by atoms with Crippen LogP contribution >= 0.6 is 0 Å². The first kappa shape index (κ1) is 11.9. The van der Waals surface area contributed by atoms with Gasteiger partial charge in [-0.15, -0.1) is 0 Å². The van der Waals surface area contributed by atoms with Crippen LogP contribution in [0, 0.1) is 0 Å². The molecule has 0 radical (unpaired) electrons. The van der Waals surface area contributed by atoms with E-state index in [4.69, 9.17) is 11.5 Å². The third-order valence-corrected chi connectivity index (χ3v) is 3.59. The van der Waals surface area contributed by atoms with E-state index in [0.717, 1.165) is 12.2 Å². The molecular formula is C16H19N3. The summed E-state index contributed by atoms with van der Waals surface area (Å²) in [7, 11) is 0. The lowest BCUT2D eigenvalue weighted by Crippen LogP contribution is -2.25. The van der Waals surface area contributed by atoms with Crippen molar-refractivity contribution in [3.63, 3.8) is 0 Å². The Labute approximate surface area is 113 Å². The van der Waals surface area contributed by atoms with E-state index in [1.54, 1.807) is 0 Å². The van der Waals surface area contributed by atoms with Gasteiger partial charge in [0.2, 0.25) is 0 Å². The van der Waals surface area contributed by atoms with Crippen molar-refractivity contribution in [3.8, 4) is 0 Å². The van der Waals surface area contributed by atoms with Crippen molar-refractivity contribution in [1.82, 2.24) is 0 Å². The third-order valence-electron chi connectivity index (χ3n) is 3.59. The first-order valence-electron chi connectivity index (χ1n) is 6.69. The van der Waals surface area contributed by atoms with Crippen molar-refractivity contribution in [3.05, 3.63) is 54.1 Å². The number of hydrogen-bond donors (Lipinski definition) is 2. The minimum atomic E-state index is 0.642. The Morgan fingerprint density at radius 2 is 1.68 bits per heavy atom. The lowest BCUT2D eigenvalue weighted by molar-refractivity contribution is 0.795. The number of nitrogens with zero attached hydrogens (tertiary/aromatic N) is 1. The molecule has 3 heteroatoms. The zero-order chi connectivity index (χ0) is 13.2. The summed E-state index contributed by atoms with van der Waals surface area (Å²) in [6.45, 7) is 0.925. The van der Waals surface area contributed by atoms with E-state index in [9.17, 15) is 0 Å². The maximum atomic E-state index is 5.92. The van der Waals surface area contributed by atoms with Crippen LogP contribution in [0.5, 0.6) is 0 Å². The predicted molar refractivity (Wildman–Crippen MR) is 80.9 cm³/mol. The summed E-state index contributed by atoms with van der Waals surface area (Å²) in [6, 6.07) is 17.1. The minimum Gasteiger partial charge on any atom is -0.397 e. The number of anilines is 3. The molecule has 0 heterocycles. The molecule has 2 aromatic rings. The lowest BCUT2D eigenvalue weighted by atomic mass is 10.1. The summed E-state index contributed by atoms with van der Waals surface area (Å²) in [6.07, 6.45) is 2.52. The maximum absolute atomic E-state index is 5.92. The van der Waals surface area contributed by atoms with Gasteiger partial charge in [-0.2, -0.15) is 0 Å². The van der Waals surface area contributed by atoms with Crippen LogP contribution in [-0.4, -0.2) is 6.04 Å². The maximum Gasteiger partial charge on any atom is 0.0568 e. The normalized spacial score (nSPS) is 14.3. The summed E-state index contributed by atoms with van der Waals surface area (Å²) in [5.41, 5.74) is 15.5. The molecule has 3 rings (SSSR count). The second-order valence-electron chi connectivity index (χ2n) is 5.16. The van der Waals surface area contributed by atoms with Gasteiger partial charge in [-0.1, -0.05) is 30.3 Å². The van der Waals surface area contributed by atoms with Crippen molar-refractivity contribution in [2.24, 2.45) is 0 Å². The topological polar surface area (TPSA) is 55.3 Å². The van der Waals surface area contributed by atoms with Crippen LogP contribution < -0.4 is 16.4 Å². The first-order chi connectivity index (χ1) is 9.24. The molecule has 0 bridgehead atoms. The number of rotatable bonds is 4. The summed E-state index contributed by atoms with van der Waals surface area (Å²) >= 11 is 0. The highest BCUT2D eigenvalue weighted by Gasteiger charge is 2.29. The van der Waals surface area contributed by atoms with E-state index in [1.807, 2.05) is 18.2 Å². The quantitative estimate of drug-likeness (QED) is 0.823. The fraction of sp³-hybridized carbons (Fsp3) is 0.250. The highest BCUT2D eigenvalue weighted by atomic mass is 15.2. The van der Waals surface area contributed by atoms with E-state index >= 15 is 0 Å². The summed E-state index contributed by atoms with van der Waals surface area (Å²) in [5, 5.41) is 0. The zero-order valence-electron chi connectivity index (χ0n) is 10.9. The van der Waals surface area contributed by atoms with Crippen LogP contribution in [-0.2, 0) is 6.54 Å². The molecule has 0 atom stereocenters. The highest BCUT2D eigenvalue weighted by Crippen LogP contribution is 2.34. The molecule has 0 amide bonds. The summed E-state index contributed by atoms with van der Waals surface area (Å²) in [4.78, 5) is 2.42. The lowest BCUT2D eigenvalue weighted by Gasteiger charge is -2.25. The molecule has 2 aromatic carbocycles. The monoisotopic (exact) mass is 253 g/mol. The Hall–Kier alpha value is -2.16. The molecule has 0 unspecified atom stereocenters. The van der Waals surface area contributed by atoms with Gasteiger partial charge in [-0.25, -0.2) is 0 Å². The summed E-state index contributed by atoms with van der Waals surface area (Å²) < 4.78 is 0. The first-order valence-corrected chi connectivity index (χ1v) is 6.69. The molecule has 19 heavy (non-hydrogen) atoms. The van der Waals surface area contributed by atoms with Crippen molar-refractivity contribution < 1.29 is 0 Å². The average molecular weight is 253 g/mol. The standard InChI is InChI=1S/C16H19N3/c17-15-9-8-14(10-16(15)18)19(13-6-7-13)11-12-4-2-1-3-5-12/h1-5,8-10,13H,6-7,11,17-18H2. The SMILES string of the molecule is Nc1ccc(N(Cc2ccccc2)C2CC2)cc1N. The molecule has 1 fully saturated rings. The van der Waals surface area contributed by atoms with Crippen LogP contribution in [0.15, 0.2) is 48.5 Å². The third kappa shape index (κ3) is 2.65. The predicted octanol–water partition coefficient (Wildman–Crippen LogP) is 3.02. The smallest absolute Gasteiger partial charge is 0.0568 e. The van der Waals surface area contributed by atoms with E-state index in [1.165, 1.54) is 18.4 Å². The molecule has 0 aromatic heterocycles. The van der Waals surface area contributed by atoms with Crippen molar-refractivity contribution in [2.45, 2.75) is 25.4 Å². The van der Waals surface area contributed by atoms with E-state index < -0.39 is 0 Å². The molecule has 4 N–H and O–H groups in total. The van der Waals surface area contributed by atoms with Gasteiger partial charge in [0.05, 0.1) is 11.4 Å². The number of benzene rings is 2. The van der Waals surface area contributed by atoms with Crippen molar-refractivity contribution in [2.75, 3.05) is 16.4 Å². The molecular weight excluding hydrogens is 234 g/mol. The highest BCUT2D eigenvalue weighted by molar-refractivity contribution is 5.70. The number of hydrogen-bond acceptors (Lipinski definition) is 3. The van der Waals surface area contributed by atoms with Gasteiger partial charge in [0, 0.05) is 18.3 Å². The van der Waals surface area contributed by atoms with Gasteiger partial charge in [0.25, 0.3) is 0 Å². The fourth-order valence-corrected chi connectivity index (χ4v) is 2.34. The van der Waals surface area contributed by atoms with Gasteiger partial charge < -0.3 is 16.4 Å². The average Bonchev–Trinajstić information content (AvgIpc) is 3.25. The van der Waals surface area contributed by atoms with E-state index in [2.05, 4.69) is 35.2 Å². The second-order valence-corrected chi connectivity index (χ2v) is 5.16. The van der Waals surface area contributed by atoms with Crippen molar-refractivity contribution in [1.29, 1.82) is 0 Å². The largest absolute Gasteiger partial charge is 0.397 e. The number of nitrogen functional groups attached to an aromatic ring is 2. The van der Waals surface area contributed by atoms with Gasteiger partial charge in [-0.3, -0.25) is 0 Å². The van der Waals surface area contributed by atoms with Gasteiger partial charge in [0.15, 0.2) is 0 Å². The van der Waals surface area contributed by atoms with Crippen LogP contribution in [0.2, 0.25) is 0 Å². The minimum absolute atomic E-state index is 0.642. The van der Waals surface area contributed by atoms with Gasteiger partial charge >= 0.3 is 0 Å². The molecule has 1 saturated carbocycles. The Kier molecular flexibility index (Phi) is 3.03. The number of nitrogens with two attached hydrogens (primary N) is 2. The Morgan fingerprint density at radius 3 is 2.32 bits per heavy atom. The second kappa shape index (κ2) is 4.84. The fourth-order valence-electron chi connectivity index (χ4n) is 2.34. The molecule has 3 nitrogen and oxygen atoms in total.